The van der Waals surface area contributed by atoms with Crippen LogP contribution in [0.3, 0.4) is 0 Å². The molecule has 0 unspecified atom stereocenters. The monoisotopic (exact) mass is 290 g/mol. The minimum absolute atomic E-state index is 0.0468. The zero-order chi connectivity index (χ0) is 12.3. The van der Waals surface area contributed by atoms with E-state index in [1.54, 1.807) is 0 Å². The number of carbonyl (C=O) groups excluding carboxylic acids is 1. The first-order valence-corrected chi connectivity index (χ1v) is 4.77. The quantitative estimate of drug-likeness (QED) is 0.785. The number of rotatable bonds is 2. The molecule has 0 amide bonds. The summed E-state index contributed by atoms with van der Waals surface area (Å²) in [5.74, 6) is -0.794. The molecule has 0 aromatic carbocycles. The smallest absolute Gasteiger partial charge is 0.356 e. The second-order valence-corrected chi connectivity index (χ2v) is 3.51. The average molecular weight is 291 g/mol. The molecular weight excluding hydrogens is 286 g/mol. The molecule has 1 aromatic heterocycles. The molecule has 0 fully saturated rings. The molecule has 0 saturated heterocycles. The number of nitriles is 1. The van der Waals surface area contributed by atoms with Gasteiger partial charge in [0.1, 0.15) is 6.07 Å². The minimum Gasteiger partial charge on any atom is -0.464 e. The number of halogens is 3. The lowest BCUT2D eigenvalue weighted by Crippen LogP contribution is -2.08. The molecule has 7 heteroatoms. The number of pyridine rings is 1. The van der Waals surface area contributed by atoms with Crippen LogP contribution in [-0.2, 0) is 4.74 Å². The summed E-state index contributed by atoms with van der Waals surface area (Å²) >= 11 is 2.86. The van der Waals surface area contributed by atoms with E-state index in [2.05, 4.69) is 25.7 Å². The molecule has 1 rings (SSSR count). The maximum Gasteiger partial charge on any atom is 0.356 e. The lowest BCUT2D eigenvalue weighted by atomic mass is 10.2. The predicted molar refractivity (Wildman–Crippen MR) is 52.9 cm³/mol. The number of methoxy groups -OCH3 is 1. The Morgan fingerprint density at radius 2 is 2.31 bits per heavy atom. The third-order valence-electron chi connectivity index (χ3n) is 1.73. The molecule has 0 aliphatic heterocycles. The molecule has 0 spiro atoms. The molecule has 16 heavy (non-hydrogen) atoms. The number of hydrogen-bond acceptors (Lipinski definition) is 4. The molecule has 0 saturated carbocycles. The van der Waals surface area contributed by atoms with Gasteiger partial charge in [-0.25, -0.2) is 18.6 Å². The second kappa shape index (κ2) is 4.99. The van der Waals surface area contributed by atoms with Crippen LogP contribution in [0.1, 0.15) is 28.2 Å². The third-order valence-corrected chi connectivity index (χ3v) is 2.38. The fraction of sp³-hybridized carbons (Fsp3) is 0.222. The predicted octanol–water partition coefficient (Wildman–Crippen LogP) is 2.44. The van der Waals surface area contributed by atoms with Gasteiger partial charge in [-0.2, -0.15) is 5.26 Å². The van der Waals surface area contributed by atoms with E-state index < -0.39 is 23.7 Å². The van der Waals surface area contributed by atoms with Crippen molar-refractivity contribution < 1.29 is 18.3 Å². The molecule has 0 atom stereocenters. The average Bonchev–Trinajstić information content (AvgIpc) is 2.26. The number of alkyl halides is 2. The number of esters is 1. The van der Waals surface area contributed by atoms with Crippen molar-refractivity contribution in [3.63, 3.8) is 0 Å². The van der Waals surface area contributed by atoms with Gasteiger partial charge >= 0.3 is 5.97 Å². The van der Waals surface area contributed by atoms with E-state index in [0.717, 1.165) is 13.2 Å². The molecule has 1 aromatic rings. The van der Waals surface area contributed by atoms with Gasteiger partial charge in [-0.15, -0.1) is 0 Å². The van der Waals surface area contributed by atoms with Crippen LogP contribution in [0.2, 0.25) is 0 Å². The molecule has 0 aliphatic carbocycles. The van der Waals surface area contributed by atoms with Crippen LogP contribution in [0.25, 0.3) is 0 Å². The molecule has 4 nitrogen and oxygen atoms in total. The summed E-state index contributed by atoms with van der Waals surface area (Å²) < 4.78 is 29.4. The van der Waals surface area contributed by atoms with Crippen molar-refractivity contribution in [2.75, 3.05) is 7.11 Å². The first-order valence-electron chi connectivity index (χ1n) is 3.98. The number of carbonyl (C=O) groups is 1. The van der Waals surface area contributed by atoms with E-state index in [1.807, 2.05) is 0 Å². The first-order chi connectivity index (χ1) is 7.51. The van der Waals surface area contributed by atoms with Gasteiger partial charge in [-0.3, -0.25) is 0 Å². The van der Waals surface area contributed by atoms with Crippen LogP contribution in [0.15, 0.2) is 10.5 Å². The fourth-order valence-corrected chi connectivity index (χ4v) is 1.60. The van der Waals surface area contributed by atoms with Crippen molar-refractivity contribution in [2.45, 2.75) is 6.43 Å². The van der Waals surface area contributed by atoms with Crippen molar-refractivity contribution in [3.8, 4) is 6.07 Å². The van der Waals surface area contributed by atoms with Crippen molar-refractivity contribution >= 4 is 21.9 Å². The Morgan fingerprint density at radius 3 is 2.75 bits per heavy atom. The van der Waals surface area contributed by atoms with Crippen LogP contribution in [0.5, 0.6) is 0 Å². The summed E-state index contributed by atoms with van der Waals surface area (Å²) in [6, 6.07) is 2.60. The number of ether oxygens (including phenoxy) is 1. The highest BCUT2D eigenvalue weighted by Gasteiger charge is 2.21. The van der Waals surface area contributed by atoms with Crippen LogP contribution in [0.4, 0.5) is 8.78 Å². The molecule has 84 valence electrons. The lowest BCUT2D eigenvalue weighted by molar-refractivity contribution is 0.0593. The van der Waals surface area contributed by atoms with Crippen molar-refractivity contribution in [1.82, 2.24) is 4.98 Å². The van der Waals surface area contributed by atoms with Gasteiger partial charge in [0.2, 0.25) is 0 Å². The first kappa shape index (κ1) is 12.5. The normalized spacial score (nSPS) is 10.0. The van der Waals surface area contributed by atoms with E-state index in [9.17, 15) is 13.6 Å². The minimum atomic E-state index is -2.84. The van der Waals surface area contributed by atoms with Crippen LogP contribution in [-0.4, -0.2) is 18.1 Å². The third kappa shape index (κ3) is 2.33. The standard InChI is InChI=1S/C9H5BrF2N2O2/c1-16-9(15)5-2-4(10)7(8(11)12)6(3-13)14-5/h2,8H,1H3. The largest absolute Gasteiger partial charge is 0.464 e. The van der Waals surface area contributed by atoms with E-state index in [-0.39, 0.29) is 10.2 Å². The zero-order valence-electron chi connectivity index (χ0n) is 8.00. The van der Waals surface area contributed by atoms with Crippen LogP contribution >= 0.6 is 15.9 Å². The Morgan fingerprint density at radius 1 is 1.69 bits per heavy atom. The summed E-state index contributed by atoms with van der Waals surface area (Å²) in [4.78, 5) is 14.6. The Balaban J connectivity index is 3.39. The van der Waals surface area contributed by atoms with Crippen molar-refractivity contribution in [1.29, 1.82) is 5.26 Å². The Labute approximate surface area is 98.0 Å². The molecule has 0 aliphatic rings. The molecule has 0 radical (unpaired) electrons. The SMILES string of the molecule is COC(=O)c1cc(Br)c(C(F)F)c(C#N)n1. The lowest BCUT2D eigenvalue weighted by Gasteiger charge is -2.06. The zero-order valence-corrected chi connectivity index (χ0v) is 9.59. The summed E-state index contributed by atoms with van der Waals surface area (Å²) in [5.41, 5.74) is -1.23. The van der Waals surface area contributed by atoms with Gasteiger partial charge in [0, 0.05) is 4.47 Å². The highest BCUT2D eigenvalue weighted by atomic mass is 79.9. The molecule has 1 heterocycles. The number of hydrogen-bond donors (Lipinski definition) is 0. The van der Waals surface area contributed by atoms with Gasteiger partial charge in [-0.05, 0) is 6.07 Å². The Bertz CT molecular complexity index is 471. The Kier molecular flexibility index (Phi) is 3.90. The van der Waals surface area contributed by atoms with E-state index in [4.69, 9.17) is 5.26 Å². The molecule has 0 bridgehead atoms. The number of aromatic nitrogens is 1. The summed E-state index contributed by atoms with van der Waals surface area (Å²) in [6.07, 6.45) is -2.84. The van der Waals surface area contributed by atoms with Gasteiger partial charge in [0.15, 0.2) is 11.4 Å². The van der Waals surface area contributed by atoms with E-state index in [0.29, 0.717) is 0 Å². The van der Waals surface area contributed by atoms with Crippen LogP contribution < -0.4 is 0 Å². The fourth-order valence-electron chi connectivity index (χ4n) is 1.03. The summed E-state index contributed by atoms with van der Waals surface area (Å²) in [6.45, 7) is 0. The summed E-state index contributed by atoms with van der Waals surface area (Å²) in [7, 11) is 1.13. The second-order valence-electron chi connectivity index (χ2n) is 2.66. The number of nitrogens with zero attached hydrogens (tertiary/aromatic N) is 2. The van der Waals surface area contributed by atoms with Gasteiger partial charge in [-0.1, -0.05) is 15.9 Å². The van der Waals surface area contributed by atoms with Crippen molar-refractivity contribution in [2.24, 2.45) is 0 Å². The topological polar surface area (TPSA) is 63.0 Å². The molecule has 0 N–H and O–H groups in total. The van der Waals surface area contributed by atoms with Gasteiger partial charge in [0.05, 0.1) is 12.7 Å². The highest BCUT2D eigenvalue weighted by Crippen LogP contribution is 2.30. The van der Waals surface area contributed by atoms with Gasteiger partial charge in [0.25, 0.3) is 6.43 Å². The van der Waals surface area contributed by atoms with E-state index >= 15 is 0 Å². The maximum atomic E-state index is 12.6. The van der Waals surface area contributed by atoms with Gasteiger partial charge < -0.3 is 4.74 Å². The Hall–Kier alpha value is -1.55. The van der Waals surface area contributed by atoms with Crippen molar-refractivity contribution in [3.05, 3.63) is 27.5 Å². The summed E-state index contributed by atoms with van der Waals surface area (Å²) in [5, 5.41) is 8.65. The van der Waals surface area contributed by atoms with E-state index in [1.165, 1.54) is 6.07 Å². The highest BCUT2D eigenvalue weighted by molar-refractivity contribution is 9.10. The maximum absolute atomic E-state index is 12.6. The van der Waals surface area contributed by atoms with Crippen LogP contribution in [0, 0.1) is 11.3 Å². The molecular formula is C9H5BrF2N2O2.